The monoisotopic (exact) mass is 465 g/mol. The minimum Gasteiger partial charge on any atom is -0.297 e. The average Bonchev–Trinajstić information content (AvgIpc) is 3.32. The first-order valence-corrected chi connectivity index (χ1v) is 10.7. The van der Waals surface area contributed by atoms with Crippen molar-refractivity contribution in [1.29, 1.82) is 0 Å². The van der Waals surface area contributed by atoms with Gasteiger partial charge in [-0.15, -0.1) is 17.9 Å². The Morgan fingerprint density at radius 2 is 2.28 bits per heavy atom. The Bertz CT molecular complexity index is 1320. The maximum Gasteiger partial charge on any atom is 0.269 e. The Morgan fingerprint density at radius 3 is 3.03 bits per heavy atom. The van der Waals surface area contributed by atoms with Crippen molar-refractivity contribution in [3.8, 4) is 10.7 Å². The van der Waals surface area contributed by atoms with E-state index in [2.05, 4.69) is 27.1 Å². The van der Waals surface area contributed by atoms with Gasteiger partial charge < -0.3 is 0 Å². The molecule has 0 spiro atoms. The first-order chi connectivity index (χ1) is 13.9. The highest BCUT2D eigenvalue weighted by Gasteiger charge is 2.21. The summed E-state index contributed by atoms with van der Waals surface area (Å²) in [5.74, 6) is -0.155. The number of carbonyl (C=O) groups is 1. The summed E-state index contributed by atoms with van der Waals surface area (Å²) >= 11 is 14.0. The lowest BCUT2D eigenvalue weighted by Crippen LogP contribution is -2.10. The number of halogens is 2. The lowest BCUT2D eigenvalue weighted by molar-refractivity contribution is 0.103. The van der Waals surface area contributed by atoms with Crippen LogP contribution in [0.25, 0.3) is 20.8 Å². The van der Waals surface area contributed by atoms with Crippen molar-refractivity contribution < 1.29 is 9.18 Å². The Kier molecular flexibility index (Phi) is 5.34. The molecule has 2 N–H and O–H groups in total. The second-order valence-electron chi connectivity index (χ2n) is 6.02. The van der Waals surface area contributed by atoms with E-state index in [1.807, 2.05) is 6.92 Å². The molecule has 0 radical (unpaired) electrons. The molecule has 4 aromatic rings. The average molecular weight is 466 g/mol. The predicted octanol–water partition coefficient (Wildman–Crippen LogP) is 5.82. The number of aryl methyl sites for hydroxylation is 1. The highest BCUT2D eigenvalue weighted by Crippen LogP contribution is 2.37. The van der Waals surface area contributed by atoms with Crippen molar-refractivity contribution in [3.63, 3.8) is 0 Å². The van der Waals surface area contributed by atoms with Crippen molar-refractivity contribution in [2.45, 2.75) is 13.5 Å². The fourth-order valence-electron chi connectivity index (χ4n) is 2.79. The zero-order chi connectivity index (χ0) is 20.7. The van der Waals surface area contributed by atoms with Crippen LogP contribution in [0.5, 0.6) is 0 Å². The standard InChI is InChI=1S/C18H13ClFN5OS3/c1-3-6-25-15(23-24-18(25)27)13-8(2)21-17(29-13)22-16(26)14-12(19)10-5-4-9(20)7-11(10)28-14/h3-5,7H,1,6H2,2H3,(H,24,27)(H,21,22,26). The number of aromatic nitrogens is 4. The lowest BCUT2D eigenvalue weighted by atomic mass is 10.2. The van der Waals surface area contributed by atoms with Crippen molar-refractivity contribution >= 4 is 67.6 Å². The van der Waals surface area contributed by atoms with Gasteiger partial charge in [-0.05, 0) is 37.3 Å². The minimum atomic E-state index is -0.401. The third kappa shape index (κ3) is 3.64. The van der Waals surface area contributed by atoms with Crippen LogP contribution in [0.1, 0.15) is 15.4 Å². The summed E-state index contributed by atoms with van der Waals surface area (Å²) in [4.78, 5) is 18.3. The molecule has 3 aromatic heterocycles. The number of rotatable bonds is 5. The van der Waals surface area contributed by atoms with Crippen molar-refractivity contribution in [1.82, 2.24) is 19.7 Å². The number of nitrogens with one attached hydrogen (secondary N) is 2. The summed E-state index contributed by atoms with van der Waals surface area (Å²) in [6.45, 7) is 6.05. The van der Waals surface area contributed by atoms with E-state index in [4.69, 9.17) is 23.8 Å². The highest BCUT2D eigenvalue weighted by atomic mass is 35.5. The van der Waals surface area contributed by atoms with Crippen LogP contribution in [0.4, 0.5) is 9.52 Å². The number of carbonyl (C=O) groups excluding carboxylic acids is 1. The van der Waals surface area contributed by atoms with E-state index in [-0.39, 0.29) is 5.82 Å². The topological polar surface area (TPSA) is 75.6 Å². The van der Waals surface area contributed by atoms with Gasteiger partial charge in [-0.3, -0.25) is 19.8 Å². The Labute approximate surface area is 182 Å². The molecule has 0 aliphatic heterocycles. The van der Waals surface area contributed by atoms with Gasteiger partial charge >= 0.3 is 0 Å². The number of allylic oxidation sites excluding steroid dienone is 1. The molecule has 4 rings (SSSR count). The summed E-state index contributed by atoms with van der Waals surface area (Å²) in [6.07, 6.45) is 1.72. The minimum absolute atomic E-state index is 0.294. The maximum absolute atomic E-state index is 13.5. The first kappa shape index (κ1) is 19.9. The third-order valence-electron chi connectivity index (χ3n) is 4.09. The smallest absolute Gasteiger partial charge is 0.269 e. The van der Waals surface area contributed by atoms with E-state index >= 15 is 0 Å². The molecule has 0 saturated carbocycles. The molecular formula is C18H13ClFN5OS3. The quantitative estimate of drug-likeness (QED) is 0.287. The number of aromatic amines is 1. The van der Waals surface area contributed by atoms with E-state index in [0.717, 1.165) is 16.2 Å². The fraction of sp³-hybridized carbons (Fsp3) is 0.111. The molecular weight excluding hydrogens is 453 g/mol. The maximum atomic E-state index is 13.5. The molecule has 148 valence electrons. The molecule has 1 amide bonds. The Balaban J connectivity index is 1.65. The summed E-state index contributed by atoms with van der Waals surface area (Å²) in [7, 11) is 0. The number of hydrogen-bond acceptors (Lipinski definition) is 6. The number of fused-ring (bicyclic) bond motifs is 1. The van der Waals surface area contributed by atoms with Gasteiger partial charge in [0.2, 0.25) is 0 Å². The van der Waals surface area contributed by atoms with E-state index in [1.165, 1.54) is 23.5 Å². The molecule has 29 heavy (non-hydrogen) atoms. The van der Waals surface area contributed by atoms with E-state index in [0.29, 0.717) is 48.0 Å². The van der Waals surface area contributed by atoms with Crippen LogP contribution in [-0.2, 0) is 6.54 Å². The molecule has 0 aliphatic carbocycles. The molecule has 0 bridgehead atoms. The van der Waals surface area contributed by atoms with Crippen molar-refractivity contribution in [2.75, 3.05) is 5.32 Å². The summed E-state index contributed by atoms with van der Waals surface area (Å²) < 4.78 is 16.3. The number of hydrogen-bond donors (Lipinski definition) is 2. The SMILES string of the molecule is C=CCn1c(-c2sc(NC(=O)c3sc4cc(F)ccc4c3Cl)nc2C)n[nH]c1=S. The number of anilines is 1. The van der Waals surface area contributed by atoms with Gasteiger partial charge in [0.15, 0.2) is 15.7 Å². The van der Waals surface area contributed by atoms with E-state index in [1.54, 1.807) is 16.7 Å². The van der Waals surface area contributed by atoms with Crippen molar-refractivity contribution in [3.05, 3.63) is 57.0 Å². The highest BCUT2D eigenvalue weighted by molar-refractivity contribution is 7.71. The van der Waals surface area contributed by atoms with Crippen LogP contribution < -0.4 is 5.32 Å². The molecule has 6 nitrogen and oxygen atoms in total. The molecule has 0 atom stereocenters. The van der Waals surface area contributed by atoms with Gasteiger partial charge in [-0.1, -0.05) is 29.0 Å². The summed E-state index contributed by atoms with van der Waals surface area (Å²) in [6, 6.07) is 4.24. The molecule has 11 heteroatoms. The Hall–Kier alpha value is -2.40. The van der Waals surface area contributed by atoms with Crippen LogP contribution in [-0.4, -0.2) is 25.7 Å². The number of benzene rings is 1. The predicted molar refractivity (Wildman–Crippen MR) is 118 cm³/mol. The van der Waals surface area contributed by atoms with Crippen LogP contribution in [0.3, 0.4) is 0 Å². The summed E-state index contributed by atoms with van der Waals surface area (Å²) in [5, 5.41) is 11.1. The van der Waals surface area contributed by atoms with Crippen molar-refractivity contribution in [2.24, 2.45) is 0 Å². The second-order valence-corrected chi connectivity index (χ2v) is 8.84. The molecule has 1 aromatic carbocycles. The number of nitrogens with zero attached hydrogens (tertiary/aromatic N) is 3. The van der Waals surface area contributed by atoms with Gasteiger partial charge in [0.05, 0.1) is 15.6 Å². The summed E-state index contributed by atoms with van der Waals surface area (Å²) in [5.41, 5.74) is 0.703. The molecule has 0 unspecified atom stereocenters. The normalized spacial score (nSPS) is 11.1. The van der Waals surface area contributed by atoms with E-state index in [9.17, 15) is 9.18 Å². The molecule has 0 fully saturated rings. The van der Waals surface area contributed by atoms with Gasteiger partial charge in [0.1, 0.15) is 10.7 Å². The number of amides is 1. The first-order valence-electron chi connectivity index (χ1n) is 8.32. The Morgan fingerprint density at radius 1 is 1.48 bits per heavy atom. The largest absolute Gasteiger partial charge is 0.297 e. The number of thiophene rings is 1. The van der Waals surface area contributed by atoms with E-state index < -0.39 is 5.91 Å². The van der Waals surface area contributed by atoms with Gasteiger partial charge in [0, 0.05) is 16.6 Å². The zero-order valence-electron chi connectivity index (χ0n) is 15.0. The van der Waals surface area contributed by atoms with Gasteiger partial charge in [-0.2, -0.15) is 5.10 Å². The molecule has 3 heterocycles. The lowest BCUT2D eigenvalue weighted by Gasteiger charge is -2.01. The fourth-order valence-corrected chi connectivity index (χ4v) is 5.39. The van der Waals surface area contributed by atoms with Gasteiger partial charge in [0.25, 0.3) is 5.91 Å². The van der Waals surface area contributed by atoms with Crippen LogP contribution in [0, 0.1) is 17.5 Å². The molecule has 0 aliphatic rings. The van der Waals surface area contributed by atoms with Gasteiger partial charge in [-0.25, -0.2) is 9.37 Å². The second kappa shape index (κ2) is 7.79. The van der Waals surface area contributed by atoms with Crippen LogP contribution in [0.15, 0.2) is 30.9 Å². The third-order valence-corrected chi connectivity index (χ3v) is 7.12. The van der Waals surface area contributed by atoms with Crippen LogP contribution >= 0.6 is 46.5 Å². The number of H-pyrrole nitrogens is 1. The zero-order valence-corrected chi connectivity index (χ0v) is 18.2. The molecule has 0 saturated heterocycles. The number of thiazole rings is 1. The van der Waals surface area contributed by atoms with Crippen LogP contribution in [0.2, 0.25) is 5.02 Å².